The van der Waals surface area contributed by atoms with E-state index in [1.807, 2.05) is 12.1 Å². The van der Waals surface area contributed by atoms with Gasteiger partial charge in [-0.25, -0.2) is 0 Å². The van der Waals surface area contributed by atoms with Crippen molar-refractivity contribution < 1.29 is 15.3 Å². The Balaban J connectivity index is 2.02. The summed E-state index contributed by atoms with van der Waals surface area (Å²) in [6.45, 7) is 0. The van der Waals surface area contributed by atoms with Crippen molar-refractivity contribution in [2.45, 2.75) is 6.42 Å². The maximum absolute atomic E-state index is 9.49. The van der Waals surface area contributed by atoms with Crippen molar-refractivity contribution in [1.82, 2.24) is 0 Å². The normalized spacial score (nSPS) is 13.2. The Morgan fingerprint density at radius 3 is 2.22 bits per heavy atom. The van der Waals surface area contributed by atoms with Crippen molar-refractivity contribution >= 4 is 11.6 Å². The molecule has 18 heavy (non-hydrogen) atoms. The van der Waals surface area contributed by atoms with Crippen molar-refractivity contribution in [1.29, 1.82) is 0 Å². The highest BCUT2D eigenvalue weighted by atomic mass is 16.3. The summed E-state index contributed by atoms with van der Waals surface area (Å²) >= 11 is 0. The zero-order valence-corrected chi connectivity index (χ0v) is 9.59. The second kappa shape index (κ2) is 3.81. The molecule has 3 rings (SSSR count). The highest BCUT2D eigenvalue weighted by Gasteiger charge is 2.15. The Morgan fingerprint density at radius 2 is 1.50 bits per heavy atom. The molecule has 3 heteroatoms. The van der Waals surface area contributed by atoms with Crippen molar-refractivity contribution in [3.05, 3.63) is 53.1 Å². The van der Waals surface area contributed by atoms with Gasteiger partial charge in [0, 0.05) is 6.07 Å². The number of rotatable bonds is 1. The topological polar surface area (TPSA) is 60.7 Å². The lowest BCUT2D eigenvalue weighted by Crippen LogP contribution is -1.85. The minimum atomic E-state index is 0.0460. The molecule has 0 saturated heterocycles. The molecule has 0 heterocycles. The second-order valence-corrected chi connectivity index (χ2v) is 4.47. The average Bonchev–Trinajstić information content (AvgIpc) is 2.70. The van der Waals surface area contributed by atoms with Gasteiger partial charge in [0.05, 0.1) is 0 Å². The molecule has 3 N–H and O–H groups in total. The van der Waals surface area contributed by atoms with Crippen LogP contribution in [0.5, 0.6) is 17.2 Å². The maximum Gasteiger partial charge on any atom is 0.119 e. The predicted molar refractivity (Wildman–Crippen MR) is 69.5 cm³/mol. The van der Waals surface area contributed by atoms with Crippen LogP contribution in [-0.4, -0.2) is 15.3 Å². The monoisotopic (exact) mass is 240 g/mol. The van der Waals surface area contributed by atoms with Crippen molar-refractivity contribution in [3.8, 4) is 17.2 Å². The number of phenolic OH excluding ortho intramolecular Hbond substituents is 3. The Hall–Kier alpha value is -2.42. The fourth-order valence-electron chi connectivity index (χ4n) is 2.30. The molecule has 2 aromatic rings. The minimum absolute atomic E-state index is 0.0460. The Morgan fingerprint density at radius 1 is 0.778 bits per heavy atom. The molecular formula is C15H12O3. The number of hydrogen-bond acceptors (Lipinski definition) is 3. The van der Waals surface area contributed by atoms with E-state index in [9.17, 15) is 15.3 Å². The molecule has 90 valence electrons. The van der Waals surface area contributed by atoms with Crippen LogP contribution in [0.3, 0.4) is 0 Å². The average molecular weight is 240 g/mol. The molecule has 0 spiro atoms. The van der Waals surface area contributed by atoms with E-state index in [2.05, 4.69) is 0 Å². The largest absolute Gasteiger partial charge is 0.508 e. The Bertz CT molecular complexity index is 637. The molecular weight excluding hydrogens is 228 g/mol. The van der Waals surface area contributed by atoms with Crippen LogP contribution in [0.1, 0.15) is 16.7 Å². The molecule has 2 aromatic carbocycles. The first-order chi connectivity index (χ1) is 8.61. The molecule has 0 saturated carbocycles. The minimum Gasteiger partial charge on any atom is -0.508 e. The number of hydrogen-bond donors (Lipinski definition) is 3. The van der Waals surface area contributed by atoms with Gasteiger partial charge in [-0.2, -0.15) is 0 Å². The van der Waals surface area contributed by atoms with Crippen molar-refractivity contribution in [2.24, 2.45) is 0 Å². The predicted octanol–water partition coefficient (Wildman–Crippen LogP) is 2.90. The van der Waals surface area contributed by atoms with Gasteiger partial charge in [-0.3, -0.25) is 0 Å². The van der Waals surface area contributed by atoms with E-state index in [-0.39, 0.29) is 17.2 Å². The molecule has 0 radical (unpaired) electrons. The summed E-state index contributed by atoms with van der Waals surface area (Å²) in [5.74, 6) is 0.344. The second-order valence-electron chi connectivity index (χ2n) is 4.47. The quantitative estimate of drug-likeness (QED) is 0.718. The first kappa shape index (κ1) is 10.7. The Labute approximate surface area is 104 Å². The van der Waals surface area contributed by atoms with Gasteiger partial charge < -0.3 is 15.3 Å². The van der Waals surface area contributed by atoms with E-state index in [1.165, 1.54) is 6.07 Å². The number of benzene rings is 2. The van der Waals surface area contributed by atoms with Gasteiger partial charge in [0.1, 0.15) is 17.2 Å². The molecule has 0 aromatic heterocycles. The highest BCUT2D eigenvalue weighted by Crippen LogP contribution is 2.35. The smallest absolute Gasteiger partial charge is 0.119 e. The summed E-state index contributed by atoms with van der Waals surface area (Å²) in [7, 11) is 0. The van der Waals surface area contributed by atoms with E-state index in [0.717, 1.165) is 22.3 Å². The summed E-state index contributed by atoms with van der Waals surface area (Å²) < 4.78 is 0. The molecule has 0 bridgehead atoms. The lowest BCUT2D eigenvalue weighted by Gasteiger charge is -2.04. The summed E-state index contributed by atoms with van der Waals surface area (Å²) in [5, 5.41) is 28.4. The van der Waals surface area contributed by atoms with E-state index in [4.69, 9.17) is 0 Å². The van der Waals surface area contributed by atoms with Crippen LogP contribution < -0.4 is 0 Å². The zero-order chi connectivity index (χ0) is 12.7. The van der Waals surface area contributed by atoms with Gasteiger partial charge in [0.15, 0.2) is 0 Å². The van der Waals surface area contributed by atoms with Gasteiger partial charge in [0.25, 0.3) is 0 Å². The van der Waals surface area contributed by atoms with Gasteiger partial charge in [-0.1, -0.05) is 12.1 Å². The maximum atomic E-state index is 9.49. The van der Waals surface area contributed by atoms with Crippen LogP contribution >= 0.6 is 0 Å². The third-order valence-corrected chi connectivity index (χ3v) is 3.11. The first-order valence-electron chi connectivity index (χ1n) is 5.68. The molecule has 0 unspecified atom stereocenters. The van der Waals surface area contributed by atoms with E-state index in [0.29, 0.717) is 6.42 Å². The lowest BCUT2D eigenvalue weighted by molar-refractivity contribution is 0.450. The van der Waals surface area contributed by atoms with Crippen molar-refractivity contribution in [3.63, 3.8) is 0 Å². The van der Waals surface area contributed by atoms with Crippen molar-refractivity contribution in [2.75, 3.05) is 0 Å². The number of phenols is 3. The van der Waals surface area contributed by atoms with Gasteiger partial charge in [0.2, 0.25) is 0 Å². The van der Waals surface area contributed by atoms with Crippen LogP contribution in [0.15, 0.2) is 36.4 Å². The molecule has 0 aliphatic heterocycles. The van der Waals surface area contributed by atoms with E-state index < -0.39 is 0 Å². The van der Waals surface area contributed by atoms with Gasteiger partial charge >= 0.3 is 0 Å². The number of aromatic hydroxyl groups is 3. The van der Waals surface area contributed by atoms with Crippen LogP contribution in [0.2, 0.25) is 0 Å². The molecule has 1 aliphatic rings. The molecule has 0 fully saturated rings. The number of fused-ring (bicyclic) bond motifs is 1. The Kier molecular flexibility index (Phi) is 2.27. The van der Waals surface area contributed by atoms with Crippen LogP contribution in [0.4, 0.5) is 0 Å². The SMILES string of the molecule is Oc1cc(O)cc(C2=Cc3ccc(O)cc3C2)c1. The standard InChI is InChI=1S/C15H12O3/c16-13-2-1-9-3-10(4-11(9)5-13)12-6-14(17)8-15(18)7-12/h1-3,5-8,16-18H,4H2. The highest BCUT2D eigenvalue weighted by molar-refractivity contribution is 5.89. The van der Waals surface area contributed by atoms with Crippen LogP contribution in [0, 0.1) is 0 Å². The summed E-state index contributed by atoms with van der Waals surface area (Å²) in [4.78, 5) is 0. The fraction of sp³-hybridized carbons (Fsp3) is 0.0667. The van der Waals surface area contributed by atoms with Crippen LogP contribution in [0.25, 0.3) is 11.6 Å². The summed E-state index contributed by atoms with van der Waals surface area (Å²) in [6.07, 6.45) is 2.69. The molecule has 0 atom stereocenters. The third kappa shape index (κ3) is 1.80. The number of allylic oxidation sites excluding steroid dienone is 1. The molecule has 1 aliphatic carbocycles. The fourth-order valence-corrected chi connectivity index (χ4v) is 2.30. The molecule has 0 amide bonds. The summed E-state index contributed by atoms with van der Waals surface area (Å²) in [5.41, 5.74) is 3.92. The zero-order valence-electron chi connectivity index (χ0n) is 9.59. The van der Waals surface area contributed by atoms with Gasteiger partial charge in [-0.05, 0) is 52.9 Å². The lowest BCUT2D eigenvalue weighted by atomic mass is 10.0. The summed E-state index contributed by atoms with van der Waals surface area (Å²) in [6, 6.07) is 9.80. The van der Waals surface area contributed by atoms with Gasteiger partial charge in [-0.15, -0.1) is 0 Å². The molecule has 3 nitrogen and oxygen atoms in total. The van der Waals surface area contributed by atoms with E-state index in [1.54, 1.807) is 24.3 Å². The first-order valence-corrected chi connectivity index (χ1v) is 5.68. The van der Waals surface area contributed by atoms with Crippen LogP contribution in [-0.2, 0) is 6.42 Å². The third-order valence-electron chi connectivity index (χ3n) is 3.11. The van der Waals surface area contributed by atoms with E-state index >= 15 is 0 Å².